The molecule has 3 heterocycles. The molecule has 6 heteroatoms. The molecular weight excluding hydrogens is 318 g/mol. The van der Waals surface area contributed by atoms with E-state index in [9.17, 15) is 4.79 Å². The van der Waals surface area contributed by atoms with Gasteiger partial charge in [-0.25, -0.2) is 0 Å². The third-order valence-electron chi connectivity index (χ3n) is 4.92. The summed E-state index contributed by atoms with van der Waals surface area (Å²) in [5.74, 6) is 1.77. The first kappa shape index (κ1) is 16.0. The number of amides is 1. The molecule has 0 N–H and O–H groups in total. The molecule has 0 aliphatic carbocycles. The third-order valence-corrected chi connectivity index (χ3v) is 4.92. The molecule has 4 rings (SSSR count). The van der Waals surface area contributed by atoms with Gasteiger partial charge in [0.25, 0.3) is 0 Å². The molecule has 25 heavy (non-hydrogen) atoms. The molecule has 0 radical (unpaired) electrons. The summed E-state index contributed by atoms with van der Waals surface area (Å²) in [4.78, 5) is 14.6. The average Bonchev–Trinajstić information content (AvgIpc) is 3.28. The molecule has 2 aromatic rings. The van der Waals surface area contributed by atoms with E-state index in [1.165, 1.54) is 0 Å². The van der Waals surface area contributed by atoms with Crippen molar-refractivity contribution in [2.75, 3.05) is 19.9 Å². The number of ether oxygens (including phenoxy) is 2. The fraction of sp³-hybridized carbons (Fsp3) is 0.474. The predicted molar refractivity (Wildman–Crippen MR) is 92.7 cm³/mol. The molecule has 1 amide bonds. The van der Waals surface area contributed by atoms with Crippen LogP contribution in [0.15, 0.2) is 30.6 Å². The smallest absolute Gasteiger partial charge is 0.231 e. The van der Waals surface area contributed by atoms with Gasteiger partial charge in [-0.15, -0.1) is 0 Å². The monoisotopic (exact) mass is 341 g/mol. The van der Waals surface area contributed by atoms with Crippen LogP contribution in [-0.4, -0.2) is 40.5 Å². The molecule has 0 saturated carbocycles. The van der Waals surface area contributed by atoms with Crippen LogP contribution in [0.1, 0.15) is 36.4 Å². The van der Waals surface area contributed by atoms with Crippen LogP contribution in [0.5, 0.6) is 11.5 Å². The highest BCUT2D eigenvalue weighted by Crippen LogP contribution is 2.33. The van der Waals surface area contributed by atoms with Crippen LogP contribution in [0.25, 0.3) is 0 Å². The first-order valence-corrected chi connectivity index (χ1v) is 8.86. The third kappa shape index (κ3) is 3.48. The van der Waals surface area contributed by atoms with Crippen LogP contribution in [0.4, 0.5) is 0 Å². The fourth-order valence-electron chi connectivity index (χ4n) is 3.54. The van der Waals surface area contributed by atoms with E-state index in [0.29, 0.717) is 6.42 Å². The number of rotatable bonds is 4. The molecule has 1 saturated heterocycles. The minimum Gasteiger partial charge on any atom is -0.454 e. The Morgan fingerprint density at radius 1 is 1.32 bits per heavy atom. The number of nitrogens with zero attached hydrogens (tertiary/aromatic N) is 3. The van der Waals surface area contributed by atoms with E-state index in [2.05, 4.69) is 11.3 Å². The van der Waals surface area contributed by atoms with Gasteiger partial charge in [0.2, 0.25) is 12.7 Å². The molecule has 132 valence electrons. The van der Waals surface area contributed by atoms with Gasteiger partial charge in [0, 0.05) is 25.7 Å². The quantitative estimate of drug-likeness (QED) is 0.858. The van der Waals surface area contributed by atoms with Gasteiger partial charge in [0.05, 0.1) is 12.2 Å². The van der Waals surface area contributed by atoms with Gasteiger partial charge in [-0.2, -0.15) is 5.10 Å². The van der Waals surface area contributed by atoms with Crippen molar-refractivity contribution in [2.45, 2.75) is 38.6 Å². The first-order valence-electron chi connectivity index (χ1n) is 8.86. The Hall–Kier alpha value is -2.50. The van der Waals surface area contributed by atoms with Crippen molar-refractivity contribution in [2.24, 2.45) is 0 Å². The number of fused-ring (bicyclic) bond motifs is 1. The Labute approximate surface area is 147 Å². The highest BCUT2D eigenvalue weighted by Gasteiger charge is 2.25. The summed E-state index contributed by atoms with van der Waals surface area (Å²) in [7, 11) is 0. The maximum Gasteiger partial charge on any atom is 0.231 e. The number of benzene rings is 1. The summed E-state index contributed by atoms with van der Waals surface area (Å²) < 4.78 is 12.7. The number of aryl methyl sites for hydroxylation is 2. The van der Waals surface area contributed by atoms with Gasteiger partial charge in [-0.3, -0.25) is 9.48 Å². The van der Waals surface area contributed by atoms with Crippen molar-refractivity contribution in [3.63, 3.8) is 0 Å². The van der Waals surface area contributed by atoms with Crippen molar-refractivity contribution in [1.29, 1.82) is 0 Å². The Balaban J connectivity index is 1.34. The van der Waals surface area contributed by atoms with E-state index < -0.39 is 0 Å². The lowest BCUT2D eigenvalue weighted by atomic mass is 10.0. The lowest BCUT2D eigenvalue weighted by Gasteiger charge is -2.33. The van der Waals surface area contributed by atoms with Crippen molar-refractivity contribution in [3.8, 4) is 11.5 Å². The van der Waals surface area contributed by atoms with Gasteiger partial charge in [0.15, 0.2) is 11.5 Å². The Kier molecular flexibility index (Phi) is 4.34. The molecule has 0 bridgehead atoms. The van der Waals surface area contributed by atoms with E-state index in [4.69, 9.17) is 9.47 Å². The Morgan fingerprint density at radius 2 is 2.20 bits per heavy atom. The minimum atomic E-state index is 0.214. The number of carbonyl (C=O) groups is 1. The number of hydrogen-bond acceptors (Lipinski definition) is 4. The van der Waals surface area contributed by atoms with E-state index in [0.717, 1.165) is 55.0 Å². The molecule has 0 unspecified atom stereocenters. The molecule has 6 nitrogen and oxygen atoms in total. The van der Waals surface area contributed by atoms with Crippen LogP contribution in [0, 0.1) is 6.92 Å². The lowest BCUT2D eigenvalue weighted by Crippen LogP contribution is -2.40. The van der Waals surface area contributed by atoms with Crippen molar-refractivity contribution in [3.05, 3.63) is 41.7 Å². The summed E-state index contributed by atoms with van der Waals surface area (Å²) in [6.07, 6.45) is 7.28. The molecule has 1 fully saturated rings. The maximum absolute atomic E-state index is 12.6. The maximum atomic E-state index is 12.6. The minimum absolute atomic E-state index is 0.214. The molecule has 2 aliphatic rings. The van der Waals surface area contributed by atoms with Gasteiger partial charge < -0.3 is 14.4 Å². The number of aromatic nitrogens is 2. The van der Waals surface area contributed by atoms with Crippen LogP contribution in [0.3, 0.4) is 0 Å². The second kappa shape index (κ2) is 6.78. The summed E-state index contributed by atoms with van der Waals surface area (Å²) in [6, 6.07) is 6.18. The predicted octanol–water partition coefficient (Wildman–Crippen LogP) is 2.72. The van der Waals surface area contributed by atoms with E-state index in [1.807, 2.05) is 40.9 Å². The van der Waals surface area contributed by atoms with Crippen LogP contribution >= 0.6 is 0 Å². The van der Waals surface area contributed by atoms with Gasteiger partial charge in [-0.05, 0) is 49.4 Å². The normalized spacial score (nSPS) is 19.2. The van der Waals surface area contributed by atoms with E-state index >= 15 is 0 Å². The zero-order chi connectivity index (χ0) is 17.2. The van der Waals surface area contributed by atoms with Crippen LogP contribution < -0.4 is 9.47 Å². The molecule has 0 spiro atoms. The first-order chi connectivity index (χ1) is 12.2. The number of hydrogen-bond donors (Lipinski definition) is 0. The molecule has 1 aromatic heterocycles. The van der Waals surface area contributed by atoms with Crippen molar-refractivity contribution < 1.29 is 14.3 Å². The van der Waals surface area contributed by atoms with E-state index in [1.54, 1.807) is 0 Å². The fourth-order valence-corrected chi connectivity index (χ4v) is 3.54. The number of likely N-dealkylation sites (tertiary alicyclic amines) is 1. The highest BCUT2D eigenvalue weighted by molar-refractivity contribution is 5.76. The molecular formula is C19H23N3O3. The standard InChI is InChI=1S/C19H23N3O3/c1-14-10-20-22(11-14)16-3-2-8-21(12-16)19(23)7-5-15-4-6-17-18(9-15)25-13-24-17/h4,6,9-11,16H,2-3,5,7-8,12-13H2,1H3/t16-/m1/s1. The van der Waals surface area contributed by atoms with Gasteiger partial charge in [-0.1, -0.05) is 6.07 Å². The SMILES string of the molecule is Cc1cnn([C@@H]2CCCN(C(=O)CCc3ccc4c(c3)OCO4)C2)c1. The zero-order valence-electron chi connectivity index (χ0n) is 14.5. The molecule has 1 aromatic carbocycles. The Bertz CT molecular complexity index is 771. The molecule has 2 aliphatic heterocycles. The molecule has 1 atom stereocenters. The summed E-state index contributed by atoms with van der Waals surface area (Å²) in [5, 5.41) is 4.41. The lowest BCUT2D eigenvalue weighted by molar-refractivity contribution is -0.132. The van der Waals surface area contributed by atoms with Crippen LogP contribution in [-0.2, 0) is 11.2 Å². The van der Waals surface area contributed by atoms with E-state index in [-0.39, 0.29) is 18.7 Å². The van der Waals surface area contributed by atoms with Gasteiger partial charge >= 0.3 is 0 Å². The Morgan fingerprint density at radius 3 is 3.04 bits per heavy atom. The van der Waals surface area contributed by atoms with Crippen molar-refractivity contribution >= 4 is 5.91 Å². The summed E-state index contributed by atoms with van der Waals surface area (Å²) in [5.41, 5.74) is 2.26. The number of piperidine rings is 1. The second-order valence-corrected chi connectivity index (χ2v) is 6.82. The zero-order valence-corrected chi connectivity index (χ0v) is 14.5. The summed E-state index contributed by atoms with van der Waals surface area (Å²) in [6.45, 7) is 3.91. The van der Waals surface area contributed by atoms with Crippen LogP contribution in [0.2, 0.25) is 0 Å². The largest absolute Gasteiger partial charge is 0.454 e. The summed E-state index contributed by atoms with van der Waals surface area (Å²) >= 11 is 0. The average molecular weight is 341 g/mol. The van der Waals surface area contributed by atoms with Crippen molar-refractivity contribution in [1.82, 2.24) is 14.7 Å². The topological polar surface area (TPSA) is 56.6 Å². The number of carbonyl (C=O) groups excluding carboxylic acids is 1. The second-order valence-electron chi connectivity index (χ2n) is 6.82. The van der Waals surface area contributed by atoms with Gasteiger partial charge in [0.1, 0.15) is 0 Å². The highest BCUT2D eigenvalue weighted by atomic mass is 16.7.